The second-order valence-corrected chi connectivity index (χ2v) is 7.72. The van der Waals surface area contributed by atoms with Gasteiger partial charge < -0.3 is 9.84 Å². The van der Waals surface area contributed by atoms with Crippen molar-refractivity contribution in [2.24, 2.45) is 0 Å². The van der Waals surface area contributed by atoms with Crippen molar-refractivity contribution in [1.29, 1.82) is 0 Å². The number of anilines is 1. The maximum Gasteiger partial charge on any atom is 0.335 e. The van der Waals surface area contributed by atoms with Crippen molar-refractivity contribution < 1.29 is 24.2 Å². The number of aromatic hydroxyl groups is 1. The van der Waals surface area contributed by atoms with Gasteiger partial charge in [0.15, 0.2) is 0 Å². The molecule has 4 rings (SSSR count). The van der Waals surface area contributed by atoms with Crippen LogP contribution in [0.4, 0.5) is 10.5 Å². The number of imide groups is 2. The molecular formula is C26H22N2O5. The standard InChI is InChI=1S/C26H22N2O5/c1-16-7-8-18(13-17(16)2)15-33-23-6-4-3-5-19(23)14-22-24(30)27-26(32)28(25(22)31)20-9-11-21(29)12-10-20/h3-14,29H,15H2,1-2H3,(H,27,30,32)/b22-14+. The number of nitrogens with zero attached hydrogens (tertiary/aromatic N) is 1. The van der Waals surface area contributed by atoms with Gasteiger partial charge in [-0.15, -0.1) is 0 Å². The highest BCUT2D eigenvalue weighted by Crippen LogP contribution is 2.27. The number of phenolic OH excluding ortho intramolecular Hbond substituents is 1. The molecule has 4 amide bonds. The maximum absolute atomic E-state index is 13.1. The summed E-state index contributed by atoms with van der Waals surface area (Å²) >= 11 is 0. The first-order chi connectivity index (χ1) is 15.8. The van der Waals surface area contributed by atoms with E-state index in [-0.39, 0.29) is 17.0 Å². The van der Waals surface area contributed by atoms with Gasteiger partial charge in [0, 0.05) is 5.56 Å². The predicted molar refractivity (Wildman–Crippen MR) is 124 cm³/mol. The lowest BCUT2D eigenvalue weighted by molar-refractivity contribution is -0.122. The normalized spacial score (nSPS) is 15.0. The smallest absolute Gasteiger partial charge is 0.335 e. The molecule has 7 nitrogen and oxygen atoms in total. The molecule has 0 saturated carbocycles. The second-order valence-electron chi connectivity index (χ2n) is 7.72. The zero-order valence-electron chi connectivity index (χ0n) is 18.2. The number of carbonyl (C=O) groups excluding carboxylic acids is 3. The van der Waals surface area contributed by atoms with E-state index in [0.717, 1.165) is 16.0 Å². The Balaban J connectivity index is 1.62. The molecule has 0 spiro atoms. The molecule has 1 saturated heterocycles. The number of rotatable bonds is 5. The van der Waals surface area contributed by atoms with Crippen LogP contribution in [0.25, 0.3) is 6.08 Å². The summed E-state index contributed by atoms with van der Waals surface area (Å²) in [6, 6.07) is 17.8. The molecule has 0 aromatic heterocycles. The number of nitrogens with one attached hydrogen (secondary N) is 1. The highest BCUT2D eigenvalue weighted by molar-refractivity contribution is 6.39. The molecule has 0 aliphatic carbocycles. The van der Waals surface area contributed by atoms with E-state index in [9.17, 15) is 19.5 Å². The summed E-state index contributed by atoms with van der Waals surface area (Å²) < 4.78 is 5.98. The Morgan fingerprint density at radius 2 is 1.67 bits per heavy atom. The number of hydrogen-bond acceptors (Lipinski definition) is 5. The monoisotopic (exact) mass is 442 g/mol. The van der Waals surface area contributed by atoms with Crippen LogP contribution < -0.4 is 15.0 Å². The summed E-state index contributed by atoms with van der Waals surface area (Å²) in [6.45, 7) is 4.39. The molecule has 33 heavy (non-hydrogen) atoms. The molecule has 3 aromatic rings. The molecule has 1 aliphatic heterocycles. The number of carbonyl (C=O) groups is 3. The largest absolute Gasteiger partial charge is 0.508 e. The first kappa shape index (κ1) is 21.8. The van der Waals surface area contributed by atoms with Crippen LogP contribution in [0.5, 0.6) is 11.5 Å². The number of ether oxygens (including phenoxy) is 1. The lowest BCUT2D eigenvalue weighted by Gasteiger charge is -2.26. The van der Waals surface area contributed by atoms with Gasteiger partial charge in [0.25, 0.3) is 11.8 Å². The molecule has 0 radical (unpaired) electrons. The minimum absolute atomic E-state index is 0.00898. The number of phenols is 1. The summed E-state index contributed by atoms with van der Waals surface area (Å²) in [7, 11) is 0. The third-order valence-corrected chi connectivity index (χ3v) is 5.39. The van der Waals surface area contributed by atoms with Crippen LogP contribution in [0.1, 0.15) is 22.3 Å². The Morgan fingerprint density at radius 3 is 2.39 bits per heavy atom. The number of barbiturate groups is 1. The average Bonchev–Trinajstić information content (AvgIpc) is 2.79. The van der Waals surface area contributed by atoms with Crippen LogP contribution in [-0.2, 0) is 16.2 Å². The molecular weight excluding hydrogens is 420 g/mol. The van der Waals surface area contributed by atoms with E-state index in [2.05, 4.69) is 11.4 Å². The minimum Gasteiger partial charge on any atom is -0.508 e. The fourth-order valence-corrected chi connectivity index (χ4v) is 3.43. The first-order valence-corrected chi connectivity index (χ1v) is 10.3. The lowest BCUT2D eigenvalue weighted by atomic mass is 10.1. The van der Waals surface area contributed by atoms with Crippen LogP contribution in [0.15, 0.2) is 72.3 Å². The van der Waals surface area contributed by atoms with E-state index < -0.39 is 17.8 Å². The van der Waals surface area contributed by atoms with E-state index in [1.165, 1.54) is 35.9 Å². The topological polar surface area (TPSA) is 95.9 Å². The molecule has 0 atom stereocenters. The summed E-state index contributed by atoms with van der Waals surface area (Å²) in [5.41, 5.74) is 3.90. The Hall–Kier alpha value is -4.39. The van der Waals surface area contributed by atoms with Crippen molar-refractivity contribution in [3.05, 3.63) is 94.6 Å². The van der Waals surface area contributed by atoms with E-state index >= 15 is 0 Å². The number of para-hydroxylation sites is 1. The average molecular weight is 442 g/mol. The van der Waals surface area contributed by atoms with Gasteiger partial charge in [-0.05, 0) is 66.9 Å². The SMILES string of the molecule is Cc1ccc(COc2ccccc2/C=C2\C(=O)NC(=O)N(c3ccc(O)cc3)C2=O)cc1C. The third kappa shape index (κ3) is 4.62. The minimum atomic E-state index is -0.855. The van der Waals surface area contributed by atoms with Crippen molar-refractivity contribution in [3.8, 4) is 11.5 Å². The molecule has 7 heteroatoms. The molecule has 0 bridgehead atoms. The van der Waals surface area contributed by atoms with Gasteiger partial charge in [0.2, 0.25) is 0 Å². The first-order valence-electron chi connectivity index (χ1n) is 10.3. The molecule has 1 heterocycles. The van der Waals surface area contributed by atoms with E-state index in [0.29, 0.717) is 17.9 Å². The van der Waals surface area contributed by atoms with E-state index in [1.807, 2.05) is 26.0 Å². The Morgan fingerprint density at radius 1 is 0.939 bits per heavy atom. The summed E-state index contributed by atoms with van der Waals surface area (Å²) in [6.07, 6.45) is 1.41. The Bertz CT molecular complexity index is 1280. The van der Waals surface area contributed by atoms with Crippen molar-refractivity contribution >= 4 is 29.6 Å². The van der Waals surface area contributed by atoms with Crippen molar-refractivity contribution in [2.45, 2.75) is 20.5 Å². The van der Waals surface area contributed by atoms with Gasteiger partial charge in [-0.25, -0.2) is 9.69 Å². The van der Waals surface area contributed by atoms with Crippen LogP contribution in [0.2, 0.25) is 0 Å². The van der Waals surface area contributed by atoms with Crippen LogP contribution in [-0.4, -0.2) is 23.0 Å². The van der Waals surface area contributed by atoms with E-state index in [1.54, 1.807) is 24.3 Å². The summed E-state index contributed by atoms with van der Waals surface area (Å²) in [4.78, 5) is 38.7. The fourth-order valence-electron chi connectivity index (χ4n) is 3.43. The zero-order chi connectivity index (χ0) is 23.5. The molecule has 1 aliphatic rings. The molecule has 3 aromatic carbocycles. The van der Waals surface area contributed by atoms with Gasteiger partial charge >= 0.3 is 6.03 Å². The summed E-state index contributed by atoms with van der Waals surface area (Å²) in [5, 5.41) is 11.7. The molecule has 2 N–H and O–H groups in total. The fraction of sp³-hybridized carbons (Fsp3) is 0.115. The number of hydrogen-bond donors (Lipinski definition) is 2. The Labute approximate surface area is 190 Å². The zero-order valence-corrected chi connectivity index (χ0v) is 18.2. The summed E-state index contributed by atoms with van der Waals surface area (Å²) in [5.74, 6) is -1.07. The third-order valence-electron chi connectivity index (χ3n) is 5.39. The molecule has 1 fully saturated rings. The van der Waals surface area contributed by atoms with Gasteiger partial charge in [0.1, 0.15) is 23.7 Å². The number of amides is 4. The number of aryl methyl sites for hydroxylation is 2. The second kappa shape index (κ2) is 9.00. The van der Waals surface area contributed by atoms with Crippen molar-refractivity contribution in [3.63, 3.8) is 0 Å². The number of urea groups is 1. The highest BCUT2D eigenvalue weighted by atomic mass is 16.5. The van der Waals surface area contributed by atoms with Crippen molar-refractivity contribution in [1.82, 2.24) is 5.32 Å². The van der Waals surface area contributed by atoms with Gasteiger partial charge in [-0.3, -0.25) is 14.9 Å². The van der Waals surface area contributed by atoms with E-state index in [4.69, 9.17) is 4.74 Å². The maximum atomic E-state index is 13.1. The quantitative estimate of drug-likeness (QED) is 0.455. The van der Waals surface area contributed by atoms with Gasteiger partial charge in [-0.2, -0.15) is 0 Å². The van der Waals surface area contributed by atoms with Crippen LogP contribution in [0, 0.1) is 13.8 Å². The molecule has 0 unspecified atom stereocenters. The predicted octanol–water partition coefficient (Wildman–Crippen LogP) is 4.25. The number of benzene rings is 3. The van der Waals surface area contributed by atoms with Gasteiger partial charge in [-0.1, -0.05) is 36.4 Å². The highest BCUT2D eigenvalue weighted by Gasteiger charge is 2.37. The van der Waals surface area contributed by atoms with Crippen LogP contribution in [0.3, 0.4) is 0 Å². The lowest BCUT2D eigenvalue weighted by Crippen LogP contribution is -2.54. The molecule has 166 valence electrons. The van der Waals surface area contributed by atoms with Crippen LogP contribution >= 0.6 is 0 Å². The van der Waals surface area contributed by atoms with Crippen molar-refractivity contribution in [2.75, 3.05) is 4.90 Å². The Kier molecular flexibility index (Phi) is 5.95. The van der Waals surface area contributed by atoms with Gasteiger partial charge in [0.05, 0.1) is 5.69 Å².